The number of hydrogen-bond acceptors (Lipinski definition) is 9. The lowest BCUT2D eigenvalue weighted by Crippen LogP contribution is -2.30. The van der Waals surface area contributed by atoms with E-state index in [-0.39, 0.29) is 5.69 Å². The van der Waals surface area contributed by atoms with Crippen LogP contribution in [0.15, 0.2) is 59.9 Å². The molecule has 10 heteroatoms. The Labute approximate surface area is 191 Å². The van der Waals surface area contributed by atoms with Gasteiger partial charge in [0.1, 0.15) is 11.5 Å². The van der Waals surface area contributed by atoms with Crippen LogP contribution in [0.25, 0.3) is 11.1 Å². The Balaban J connectivity index is 0.000000278. The Kier molecular flexibility index (Phi) is 10.00. The Hall–Kier alpha value is -3.08. The highest BCUT2D eigenvalue weighted by atomic mass is 32.2. The second kappa shape index (κ2) is 12.7. The van der Waals surface area contributed by atoms with Crippen molar-refractivity contribution >= 4 is 30.3 Å². The van der Waals surface area contributed by atoms with Gasteiger partial charge in [-0.15, -0.1) is 0 Å². The molecule has 0 unspecified atom stereocenters. The zero-order valence-electron chi connectivity index (χ0n) is 18.3. The normalized spacial score (nSPS) is 9.94. The van der Waals surface area contributed by atoms with Gasteiger partial charge in [0, 0.05) is 22.8 Å². The molecule has 0 aliphatic carbocycles. The number of aromatic nitrogens is 2. The minimum absolute atomic E-state index is 0.251. The fraction of sp³-hybridized carbons (Fsp3) is 0.227. The molecule has 0 saturated heterocycles. The van der Waals surface area contributed by atoms with Crippen molar-refractivity contribution in [1.29, 1.82) is 0 Å². The van der Waals surface area contributed by atoms with Crippen molar-refractivity contribution in [1.82, 2.24) is 9.97 Å². The molecule has 0 bridgehead atoms. The molecule has 0 spiro atoms. The van der Waals surface area contributed by atoms with Crippen LogP contribution in [0.3, 0.4) is 0 Å². The van der Waals surface area contributed by atoms with Crippen molar-refractivity contribution < 1.29 is 29.1 Å². The van der Waals surface area contributed by atoms with E-state index in [1.165, 1.54) is 18.9 Å². The van der Waals surface area contributed by atoms with Gasteiger partial charge in [0.2, 0.25) is 0 Å². The standard InChI is InChI=1S/C15H16N2O3S.C7H9BO3/c1-4-20-14(18)13-11(9-16-15(17-13)21-3)10-7-5-6-8-12(10)19-2;1-11-7-5-3-2-4-6(7)8(9)10/h5-9H,4H2,1-3H3;2-5,9-10H,1H3. The van der Waals surface area contributed by atoms with E-state index in [4.69, 9.17) is 24.3 Å². The number of para-hydroxylation sites is 2. The molecule has 168 valence electrons. The fourth-order valence-corrected chi connectivity index (χ4v) is 3.10. The third-order valence-electron chi connectivity index (χ3n) is 4.23. The molecule has 3 rings (SSSR count). The molecule has 0 aliphatic heterocycles. The maximum Gasteiger partial charge on any atom is 0.492 e. The zero-order valence-corrected chi connectivity index (χ0v) is 19.1. The van der Waals surface area contributed by atoms with Crippen molar-refractivity contribution in [2.45, 2.75) is 12.1 Å². The average Bonchev–Trinajstić information content (AvgIpc) is 2.84. The third kappa shape index (κ3) is 6.46. The van der Waals surface area contributed by atoms with Gasteiger partial charge in [-0.2, -0.15) is 0 Å². The zero-order chi connectivity index (χ0) is 23.5. The lowest BCUT2D eigenvalue weighted by atomic mass is 9.80. The number of esters is 1. The predicted molar refractivity (Wildman–Crippen MR) is 125 cm³/mol. The van der Waals surface area contributed by atoms with Crippen LogP contribution in [0, 0.1) is 0 Å². The van der Waals surface area contributed by atoms with E-state index in [9.17, 15) is 4.79 Å². The van der Waals surface area contributed by atoms with Crippen molar-refractivity contribution in [3.8, 4) is 22.6 Å². The number of carbonyl (C=O) groups excluding carboxylic acids is 1. The summed E-state index contributed by atoms with van der Waals surface area (Å²) >= 11 is 1.37. The van der Waals surface area contributed by atoms with Crippen molar-refractivity contribution in [3.63, 3.8) is 0 Å². The summed E-state index contributed by atoms with van der Waals surface area (Å²) in [5, 5.41) is 18.1. The summed E-state index contributed by atoms with van der Waals surface area (Å²) in [6.07, 6.45) is 3.48. The molecule has 1 aromatic heterocycles. The second-order valence-corrected chi connectivity index (χ2v) is 6.93. The number of nitrogens with zero attached hydrogens (tertiary/aromatic N) is 2. The number of hydrogen-bond donors (Lipinski definition) is 2. The first-order valence-electron chi connectivity index (χ1n) is 9.67. The Morgan fingerprint density at radius 2 is 1.62 bits per heavy atom. The van der Waals surface area contributed by atoms with E-state index in [0.29, 0.717) is 34.3 Å². The highest BCUT2D eigenvalue weighted by Crippen LogP contribution is 2.32. The highest BCUT2D eigenvalue weighted by molar-refractivity contribution is 7.98. The van der Waals surface area contributed by atoms with Gasteiger partial charge in [-0.25, -0.2) is 14.8 Å². The lowest BCUT2D eigenvalue weighted by molar-refractivity contribution is 0.0519. The Morgan fingerprint density at radius 3 is 2.19 bits per heavy atom. The van der Waals surface area contributed by atoms with Crippen LogP contribution in [0.2, 0.25) is 0 Å². The minimum atomic E-state index is -1.47. The molecule has 0 atom stereocenters. The van der Waals surface area contributed by atoms with Gasteiger partial charge in [0.25, 0.3) is 0 Å². The number of carbonyl (C=O) groups is 1. The minimum Gasteiger partial charge on any atom is -0.497 e. The topological polar surface area (TPSA) is 111 Å². The number of ether oxygens (including phenoxy) is 3. The summed E-state index contributed by atoms with van der Waals surface area (Å²) in [6, 6.07) is 14.2. The molecule has 0 fully saturated rings. The van der Waals surface area contributed by atoms with Gasteiger partial charge >= 0.3 is 13.1 Å². The largest absolute Gasteiger partial charge is 0.497 e. The number of benzene rings is 2. The number of rotatable bonds is 7. The molecule has 0 aliphatic rings. The van der Waals surface area contributed by atoms with E-state index in [0.717, 1.165) is 5.56 Å². The summed E-state index contributed by atoms with van der Waals surface area (Å²) in [5.41, 5.74) is 2.00. The Bertz CT molecular complexity index is 1030. The lowest BCUT2D eigenvalue weighted by Gasteiger charge is -2.12. The van der Waals surface area contributed by atoms with Crippen molar-refractivity contribution in [2.75, 3.05) is 27.1 Å². The van der Waals surface area contributed by atoms with E-state index in [1.54, 1.807) is 44.5 Å². The molecule has 3 aromatic rings. The van der Waals surface area contributed by atoms with E-state index >= 15 is 0 Å². The van der Waals surface area contributed by atoms with Gasteiger partial charge in [0.15, 0.2) is 10.9 Å². The third-order valence-corrected chi connectivity index (χ3v) is 4.79. The molecule has 32 heavy (non-hydrogen) atoms. The molecular formula is C22H25BN2O6S. The van der Waals surface area contributed by atoms with Crippen LogP contribution in [0.1, 0.15) is 17.4 Å². The van der Waals surface area contributed by atoms with Crippen LogP contribution in [-0.2, 0) is 4.74 Å². The van der Waals surface area contributed by atoms with Gasteiger partial charge in [-0.1, -0.05) is 48.2 Å². The number of thioether (sulfide) groups is 1. The maximum atomic E-state index is 12.1. The van der Waals surface area contributed by atoms with Crippen LogP contribution in [0.5, 0.6) is 11.5 Å². The number of methoxy groups -OCH3 is 2. The Morgan fingerprint density at radius 1 is 1.00 bits per heavy atom. The first kappa shape index (κ1) is 25.2. The van der Waals surface area contributed by atoms with E-state index in [2.05, 4.69) is 9.97 Å². The fourth-order valence-electron chi connectivity index (χ4n) is 2.76. The van der Waals surface area contributed by atoms with Gasteiger partial charge in [0.05, 0.1) is 20.8 Å². The van der Waals surface area contributed by atoms with Gasteiger partial charge in [-0.3, -0.25) is 0 Å². The van der Waals surface area contributed by atoms with E-state index < -0.39 is 13.1 Å². The summed E-state index contributed by atoms with van der Waals surface area (Å²) in [7, 11) is 1.60. The molecule has 0 saturated carbocycles. The second-order valence-electron chi connectivity index (χ2n) is 6.16. The molecule has 0 amide bonds. The molecule has 8 nitrogen and oxygen atoms in total. The molecule has 2 N–H and O–H groups in total. The quantitative estimate of drug-likeness (QED) is 0.240. The smallest absolute Gasteiger partial charge is 0.492 e. The van der Waals surface area contributed by atoms with Gasteiger partial charge < -0.3 is 24.3 Å². The predicted octanol–water partition coefficient (Wildman–Crippen LogP) is 2.43. The molecule has 1 heterocycles. The monoisotopic (exact) mass is 456 g/mol. The van der Waals surface area contributed by atoms with Crippen LogP contribution in [-0.4, -0.2) is 60.2 Å². The summed E-state index contributed by atoms with van der Waals surface area (Å²) in [4.78, 5) is 20.7. The average molecular weight is 456 g/mol. The van der Waals surface area contributed by atoms with Crippen molar-refractivity contribution in [3.05, 3.63) is 60.4 Å². The summed E-state index contributed by atoms with van der Waals surface area (Å²) in [6.45, 7) is 2.06. The molecule has 2 aromatic carbocycles. The van der Waals surface area contributed by atoms with Crippen LogP contribution < -0.4 is 14.9 Å². The van der Waals surface area contributed by atoms with Gasteiger partial charge in [-0.05, 0) is 25.3 Å². The van der Waals surface area contributed by atoms with Crippen LogP contribution in [0.4, 0.5) is 0 Å². The summed E-state index contributed by atoms with van der Waals surface area (Å²) < 4.78 is 15.3. The molecular weight excluding hydrogens is 431 g/mol. The SMILES string of the molecule is CCOC(=O)c1nc(SC)ncc1-c1ccccc1OC.COc1ccccc1B(O)O. The molecule has 0 radical (unpaired) electrons. The van der Waals surface area contributed by atoms with Crippen molar-refractivity contribution in [2.24, 2.45) is 0 Å². The first-order valence-corrected chi connectivity index (χ1v) is 10.9. The maximum absolute atomic E-state index is 12.1. The first-order chi connectivity index (χ1) is 15.5. The van der Waals surface area contributed by atoms with E-state index in [1.807, 2.05) is 30.5 Å². The summed E-state index contributed by atoms with van der Waals surface area (Å²) in [5.74, 6) is 0.683. The highest BCUT2D eigenvalue weighted by Gasteiger charge is 2.20. The van der Waals surface area contributed by atoms with Crippen LogP contribution >= 0.6 is 11.8 Å².